The molecule has 0 aromatic heterocycles. The zero-order valence-electron chi connectivity index (χ0n) is 10.0. The Bertz CT molecular complexity index is 329. The number of carboxylic acids is 1. The zero-order valence-corrected chi connectivity index (χ0v) is 10.0. The van der Waals surface area contributed by atoms with Crippen molar-refractivity contribution in [3.8, 4) is 0 Å². The number of aliphatic carboxylic acids is 1. The molecule has 2 aliphatic heterocycles. The monoisotopic (exact) mass is 258 g/mol. The van der Waals surface area contributed by atoms with E-state index in [9.17, 15) is 14.7 Å². The Hall–Kier alpha value is -1.34. The van der Waals surface area contributed by atoms with Crippen LogP contribution in [0, 0.1) is 5.92 Å². The molecule has 7 nitrogen and oxygen atoms in total. The Kier molecular flexibility index (Phi) is 4.03. The summed E-state index contributed by atoms with van der Waals surface area (Å²) in [5, 5.41) is 21.1. The van der Waals surface area contributed by atoms with E-state index in [4.69, 9.17) is 9.84 Å². The van der Waals surface area contributed by atoms with Crippen molar-refractivity contribution in [2.75, 3.05) is 26.3 Å². The second-order valence-corrected chi connectivity index (χ2v) is 4.81. The fourth-order valence-electron chi connectivity index (χ4n) is 2.35. The maximum atomic E-state index is 11.9. The number of hydrogen-bond acceptors (Lipinski definition) is 4. The van der Waals surface area contributed by atoms with Gasteiger partial charge in [-0.3, -0.25) is 0 Å². The molecule has 2 amide bonds. The van der Waals surface area contributed by atoms with E-state index in [1.165, 1.54) is 4.90 Å². The molecular formula is C11H18N2O5. The summed E-state index contributed by atoms with van der Waals surface area (Å²) >= 11 is 0. The first-order valence-electron chi connectivity index (χ1n) is 6.11. The Balaban J connectivity index is 1.85. The molecule has 2 aliphatic rings. The lowest BCUT2D eigenvalue weighted by atomic mass is 10.1. The second kappa shape index (κ2) is 5.53. The molecule has 18 heavy (non-hydrogen) atoms. The molecule has 3 unspecified atom stereocenters. The highest BCUT2D eigenvalue weighted by Gasteiger charge is 2.39. The van der Waals surface area contributed by atoms with Crippen LogP contribution in [-0.4, -0.2) is 65.6 Å². The van der Waals surface area contributed by atoms with Crippen molar-refractivity contribution in [3.05, 3.63) is 0 Å². The predicted octanol–water partition coefficient (Wildman–Crippen LogP) is -0.748. The summed E-state index contributed by atoms with van der Waals surface area (Å²) in [6.45, 7) is 1.90. The third kappa shape index (κ3) is 2.91. The van der Waals surface area contributed by atoms with Crippen molar-refractivity contribution in [3.63, 3.8) is 0 Å². The molecule has 0 saturated carbocycles. The number of β-amino-alcohol motifs (C(OH)–C–C–N with tert-alkyl or cyclic N) is 1. The average Bonchev–Trinajstić information content (AvgIpc) is 2.94. The molecule has 102 valence electrons. The van der Waals surface area contributed by atoms with E-state index >= 15 is 0 Å². The van der Waals surface area contributed by atoms with Crippen molar-refractivity contribution in [1.82, 2.24) is 10.2 Å². The molecule has 3 N–H and O–H groups in total. The summed E-state index contributed by atoms with van der Waals surface area (Å²) in [6, 6.07) is -1.36. The Labute approximate surface area is 105 Å². The normalized spacial score (nSPS) is 31.6. The van der Waals surface area contributed by atoms with Gasteiger partial charge in [-0.2, -0.15) is 0 Å². The molecule has 2 rings (SSSR count). The van der Waals surface area contributed by atoms with E-state index in [1.807, 2.05) is 0 Å². The molecule has 7 heteroatoms. The molecule has 0 aliphatic carbocycles. The minimum atomic E-state index is -1.08. The van der Waals surface area contributed by atoms with Gasteiger partial charge >= 0.3 is 12.0 Å². The largest absolute Gasteiger partial charge is 0.480 e. The summed E-state index contributed by atoms with van der Waals surface area (Å²) in [5.74, 6) is -0.782. The number of aliphatic hydroxyl groups excluding tert-OH is 1. The number of nitrogens with one attached hydrogen (secondary N) is 1. The lowest BCUT2D eigenvalue weighted by molar-refractivity contribution is -0.141. The molecule has 0 bridgehead atoms. The van der Waals surface area contributed by atoms with E-state index in [1.54, 1.807) is 0 Å². The van der Waals surface area contributed by atoms with Crippen LogP contribution in [0.2, 0.25) is 0 Å². The third-order valence-electron chi connectivity index (χ3n) is 3.39. The van der Waals surface area contributed by atoms with Crippen LogP contribution in [0.3, 0.4) is 0 Å². The summed E-state index contributed by atoms with van der Waals surface area (Å²) < 4.78 is 5.19. The van der Waals surface area contributed by atoms with Crippen molar-refractivity contribution >= 4 is 12.0 Å². The van der Waals surface area contributed by atoms with E-state index in [-0.39, 0.29) is 13.0 Å². The maximum Gasteiger partial charge on any atom is 0.326 e. The van der Waals surface area contributed by atoms with Crippen molar-refractivity contribution < 1.29 is 24.5 Å². The number of carbonyl (C=O) groups excluding carboxylic acids is 1. The Morgan fingerprint density at radius 1 is 1.44 bits per heavy atom. The molecule has 2 heterocycles. The molecule has 3 atom stereocenters. The topological polar surface area (TPSA) is 99.1 Å². The number of carboxylic acid groups (broad SMARTS) is 1. The van der Waals surface area contributed by atoms with Gasteiger partial charge < -0.3 is 25.2 Å². The van der Waals surface area contributed by atoms with Gasteiger partial charge in [0.25, 0.3) is 0 Å². The van der Waals surface area contributed by atoms with Crippen molar-refractivity contribution in [1.29, 1.82) is 0 Å². The van der Waals surface area contributed by atoms with E-state index < -0.39 is 24.1 Å². The van der Waals surface area contributed by atoms with Crippen LogP contribution in [0.15, 0.2) is 0 Å². The van der Waals surface area contributed by atoms with Gasteiger partial charge in [0.15, 0.2) is 0 Å². The molecule has 0 spiro atoms. The third-order valence-corrected chi connectivity index (χ3v) is 3.39. The van der Waals surface area contributed by atoms with Crippen LogP contribution >= 0.6 is 0 Å². The van der Waals surface area contributed by atoms with Crippen molar-refractivity contribution in [2.24, 2.45) is 5.92 Å². The van der Waals surface area contributed by atoms with Gasteiger partial charge in [-0.15, -0.1) is 0 Å². The first-order chi connectivity index (χ1) is 8.58. The van der Waals surface area contributed by atoms with E-state index in [0.717, 1.165) is 6.42 Å². The standard InChI is InChI=1S/C11H18N2O5/c14-8-3-9(10(15)16)13(5-8)11(17)12-4-7-1-2-18-6-7/h7-9,14H,1-6H2,(H,12,17)(H,15,16). The van der Waals surface area contributed by atoms with Crippen LogP contribution in [0.4, 0.5) is 4.79 Å². The summed E-state index contributed by atoms with van der Waals surface area (Å²) in [5.41, 5.74) is 0. The lowest BCUT2D eigenvalue weighted by Gasteiger charge is -2.22. The van der Waals surface area contributed by atoms with Crippen LogP contribution in [0.5, 0.6) is 0 Å². The fraction of sp³-hybridized carbons (Fsp3) is 0.818. The highest BCUT2D eigenvalue weighted by molar-refractivity contribution is 5.83. The number of nitrogens with zero attached hydrogens (tertiary/aromatic N) is 1. The molecule has 0 radical (unpaired) electrons. The highest BCUT2D eigenvalue weighted by atomic mass is 16.5. The molecule has 2 saturated heterocycles. The average molecular weight is 258 g/mol. The maximum absolute atomic E-state index is 11.9. The lowest BCUT2D eigenvalue weighted by Crippen LogP contribution is -2.47. The van der Waals surface area contributed by atoms with Gasteiger partial charge in [-0.25, -0.2) is 9.59 Å². The number of aliphatic hydroxyl groups is 1. The van der Waals surface area contributed by atoms with E-state index in [0.29, 0.717) is 25.7 Å². The summed E-state index contributed by atoms with van der Waals surface area (Å²) in [7, 11) is 0. The number of urea groups is 1. The number of hydrogen-bond donors (Lipinski definition) is 3. The fourth-order valence-corrected chi connectivity index (χ4v) is 2.35. The highest BCUT2D eigenvalue weighted by Crippen LogP contribution is 2.18. The van der Waals surface area contributed by atoms with Gasteiger partial charge in [0.05, 0.1) is 12.7 Å². The summed E-state index contributed by atoms with van der Waals surface area (Å²) in [6.07, 6.45) is 0.243. The van der Waals surface area contributed by atoms with Crippen molar-refractivity contribution in [2.45, 2.75) is 25.0 Å². The van der Waals surface area contributed by atoms with Crippen LogP contribution in [0.1, 0.15) is 12.8 Å². The summed E-state index contributed by atoms with van der Waals surface area (Å²) in [4.78, 5) is 24.0. The van der Waals surface area contributed by atoms with Gasteiger partial charge in [0.2, 0.25) is 0 Å². The van der Waals surface area contributed by atoms with Gasteiger partial charge in [0.1, 0.15) is 6.04 Å². The van der Waals surface area contributed by atoms with Crippen LogP contribution in [-0.2, 0) is 9.53 Å². The first kappa shape index (κ1) is 13.1. The number of rotatable bonds is 3. The second-order valence-electron chi connectivity index (χ2n) is 4.81. The zero-order chi connectivity index (χ0) is 13.1. The van der Waals surface area contributed by atoms with Gasteiger partial charge in [-0.05, 0) is 6.42 Å². The number of amides is 2. The molecule has 0 aromatic rings. The first-order valence-corrected chi connectivity index (χ1v) is 6.11. The van der Waals surface area contributed by atoms with Crippen LogP contribution < -0.4 is 5.32 Å². The molecular weight excluding hydrogens is 240 g/mol. The number of carbonyl (C=O) groups is 2. The predicted molar refractivity (Wildman–Crippen MR) is 61.1 cm³/mol. The number of ether oxygens (including phenoxy) is 1. The number of likely N-dealkylation sites (tertiary alicyclic amines) is 1. The van der Waals surface area contributed by atoms with Crippen LogP contribution in [0.25, 0.3) is 0 Å². The minimum Gasteiger partial charge on any atom is -0.480 e. The molecule has 0 aromatic carbocycles. The van der Waals surface area contributed by atoms with Gasteiger partial charge in [0, 0.05) is 32.0 Å². The SMILES string of the molecule is O=C(O)C1CC(O)CN1C(=O)NCC1CCOC1. The smallest absolute Gasteiger partial charge is 0.326 e. The Morgan fingerprint density at radius 3 is 2.83 bits per heavy atom. The van der Waals surface area contributed by atoms with E-state index in [2.05, 4.69) is 5.32 Å². The van der Waals surface area contributed by atoms with Gasteiger partial charge in [-0.1, -0.05) is 0 Å². The minimum absolute atomic E-state index is 0.0734. The Morgan fingerprint density at radius 2 is 2.22 bits per heavy atom. The molecule has 2 fully saturated rings. The quantitative estimate of drug-likeness (QED) is 0.618.